The van der Waals surface area contributed by atoms with Gasteiger partial charge in [0.2, 0.25) is 11.6 Å². The summed E-state index contributed by atoms with van der Waals surface area (Å²) in [5.74, 6) is -7.13. The van der Waals surface area contributed by atoms with E-state index in [4.69, 9.17) is 4.74 Å². The molecule has 31 heavy (non-hydrogen) atoms. The van der Waals surface area contributed by atoms with Crippen LogP contribution in [0.5, 0.6) is 5.75 Å². The van der Waals surface area contributed by atoms with Gasteiger partial charge in [0.15, 0.2) is 17.4 Å². The van der Waals surface area contributed by atoms with Crippen molar-refractivity contribution in [1.29, 1.82) is 0 Å². The second-order valence-corrected chi connectivity index (χ2v) is 7.35. The minimum atomic E-state index is -2.01. The van der Waals surface area contributed by atoms with E-state index < -0.39 is 34.6 Å². The van der Waals surface area contributed by atoms with Gasteiger partial charge in [-0.25, -0.2) is 13.2 Å². The SMILES string of the molecule is C=CC.CCCCOC(=O)CC(C)CC(C)C.Cc1c(F)c(F)c(F)c(F)c1OC=O. The van der Waals surface area contributed by atoms with Crippen LogP contribution in [0, 0.1) is 42.0 Å². The highest BCUT2D eigenvalue weighted by atomic mass is 19.2. The highest BCUT2D eigenvalue weighted by Crippen LogP contribution is 2.29. The fraction of sp³-hybridized carbons (Fsp3) is 0.565. The first kappa shape index (κ1) is 30.8. The molecule has 0 aliphatic rings. The Kier molecular flexibility index (Phi) is 17.2. The van der Waals surface area contributed by atoms with Crippen LogP contribution in [0.15, 0.2) is 12.7 Å². The molecule has 0 N–H and O–H groups in total. The van der Waals surface area contributed by atoms with Gasteiger partial charge in [-0.3, -0.25) is 9.59 Å². The van der Waals surface area contributed by atoms with Crippen molar-refractivity contribution in [2.75, 3.05) is 6.61 Å². The second kappa shape index (κ2) is 17.3. The van der Waals surface area contributed by atoms with Gasteiger partial charge in [0.25, 0.3) is 6.47 Å². The number of allylic oxidation sites excluding steroid dienone is 1. The minimum absolute atomic E-state index is 0.0356. The average molecular weight is 451 g/mol. The predicted octanol–water partition coefficient (Wildman–Crippen LogP) is 6.68. The van der Waals surface area contributed by atoms with E-state index in [-0.39, 0.29) is 12.4 Å². The summed E-state index contributed by atoms with van der Waals surface area (Å²) in [5, 5.41) is 0. The summed E-state index contributed by atoms with van der Waals surface area (Å²) in [6.45, 7) is 15.2. The molecular formula is C23H34F4O4. The van der Waals surface area contributed by atoms with Crippen molar-refractivity contribution in [2.45, 2.75) is 67.2 Å². The first-order valence-electron chi connectivity index (χ1n) is 10.1. The maximum Gasteiger partial charge on any atom is 0.306 e. The molecule has 0 aromatic heterocycles. The Morgan fingerprint density at radius 2 is 1.58 bits per heavy atom. The third kappa shape index (κ3) is 12.8. The first-order chi connectivity index (χ1) is 14.5. The number of esters is 1. The van der Waals surface area contributed by atoms with Gasteiger partial charge >= 0.3 is 5.97 Å². The van der Waals surface area contributed by atoms with E-state index in [0.29, 0.717) is 24.9 Å². The van der Waals surface area contributed by atoms with Crippen molar-refractivity contribution < 1.29 is 36.6 Å². The van der Waals surface area contributed by atoms with Crippen LogP contribution >= 0.6 is 0 Å². The Morgan fingerprint density at radius 3 is 2.03 bits per heavy atom. The van der Waals surface area contributed by atoms with Crippen LogP contribution in [0.1, 0.15) is 65.9 Å². The summed E-state index contributed by atoms with van der Waals surface area (Å²) in [6, 6.07) is 0. The Morgan fingerprint density at radius 1 is 1.06 bits per heavy atom. The smallest absolute Gasteiger partial charge is 0.306 e. The summed E-state index contributed by atoms with van der Waals surface area (Å²) in [4.78, 5) is 21.1. The molecule has 1 aromatic carbocycles. The topological polar surface area (TPSA) is 52.6 Å². The van der Waals surface area contributed by atoms with Gasteiger partial charge in [-0.15, -0.1) is 6.58 Å². The normalized spacial score (nSPS) is 10.8. The molecule has 0 aliphatic carbocycles. The molecule has 0 spiro atoms. The molecule has 1 unspecified atom stereocenters. The molecule has 0 fully saturated rings. The number of ether oxygens (including phenoxy) is 2. The van der Waals surface area contributed by atoms with Crippen molar-refractivity contribution in [3.63, 3.8) is 0 Å². The Balaban J connectivity index is 0. The lowest BCUT2D eigenvalue weighted by molar-refractivity contribution is -0.144. The molecule has 4 nitrogen and oxygen atoms in total. The van der Waals surface area contributed by atoms with Crippen molar-refractivity contribution >= 4 is 12.4 Å². The lowest BCUT2D eigenvalue weighted by Gasteiger charge is -2.12. The molecule has 1 aromatic rings. The number of hydrogen-bond donors (Lipinski definition) is 0. The van der Waals surface area contributed by atoms with Crippen molar-refractivity contribution in [1.82, 2.24) is 0 Å². The van der Waals surface area contributed by atoms with Crippen LogP contribution in [-0.2, 0) is 14.3 Å². The number of halogens is 4. The summed E-state index contributed by atoms with van der Waals surface area (Å²) in [5.41, 5.74) is -0.603. The standard InChI is InChI=1S/C12H24O2.C8H4F4O2.C3H6/c1-5-6-7-14-12(13)9-11(4)8-10(2)3;1-3-4(9)5(10)6(11)7(12)8(3)14-2-13;1-3-2/h10-11H,5-9H2,1-4H3;2H,1H3;3H,1H2,2H3. The fourth-order valence-corrected chi connectivity index (χ4v) is 2.47. The van der Waals surface area contributed by atoms with Crippen LogP contribution < -0.4 is 4.74 Å². The summed E-state index contributed by atoms with van der Waals surface area (Å²) >= 11 is 0. The van der Waals surface area contributed by atoms with E-state index in [1.807, 2.05) is 6.92 Å². The molecule has 8 heteroatoms. The lowest BCUT2D eigenvalue weighted by Crippen LogP contribution is -2.11. The summed E-state index contributed by atoms with van der Waals surface area (Å²) in [6.07, 6.45) is 5.48. The van der Waals surface area contributed by atoms with Crippen LogP contribution in [0.2, 0.25) is 0 Å². The zero-order valence-corrected chi connectivity index (χ0v) is 19.2. The highest BCUT2D eigenvalue weighted by molar-refractivity contribution is 5.69. The van der Waals surface area contributed by atoms with Crippen molar-refractivity contribution in [3.05, 3.63) is 41.5 Å². The zero-order chi connectivity index (χ0) is 24.6. The number of unbranched alkanes of at least 4 members (excludes halogenated alkanes) is 1. The fourth-order valence-electron chi connectivity index (χ4n) is 2.47. The molecule has 0 amide bonds. The van der Waals surface area contributed by atoms with E-state index in [1.165, 1.54) is 0 Å². The van der Waals surface area contributed by atoms with Gasteiger partial charge < -0.3 is 9.47 Å². The molecule has 0 saturated carbocycles. The molecule has 0 aliphatic heterocycles. The Labute approximate surface area is 182 Å². The van der Waals surface area contributed by atoms with Gasteiger partial charge in [-0.05, 0) is 38.5 Å². The number of hydrogen-bond acceptors (Lipinski definition) is 4. The van der Waals surface area contributed by atoms with Crippen LogP contribution in [0.3, 0.4) is 0 Å². The first-order valence-corrected chi connectivity index (χ1v) is 10.1. The third-order valence-electron chi connectivity index (χ3n) is 3.76. The van der Waals surface area contributed by atoms with Crippen molar-refractivity contribution in [2.24, 2.45) is 11.8 Å². The highest BCUT2D eigenvalue weighted by Gasteiger charge is 2.24. The van der Waals surface area contributed by atoms with E-state index in [2.05, 4.69) is 39.0 Å². The van der Waals surface area contributed by atoms with Gasteiger partial charge in [0.05, 0.1) is 6.61 Å². The number of carbonyl (C=O) groups is 2. The maximum atomic E-state index is 12.8. The number of rotatable bonds is 9. The lowest BCUT2D eigenvalue weighted by atomic mass is 9.96. The zero-order valence-electron chi connectivity index (χ0n) is 19.2. The molecule has 1 atom stereocenters. The van der Waals surface area contributed by atoms with Crippen LogP contribution in [0.25, 0.3) is 0 Å². The summed E-state index contributed by atoms with van der Waals surface area (Å²) in [7, 11) is 0. The van der Waals surface area contributed by atoms with Crippen LogP contribution in [0.4, 0.5) is 17.6 Å². The largest absolute Gasteiger partial charge is 0.466 e. The Hall–Kier alpha value is -2.38. The Bertz CT molecular complexity index is 662. The molecule has 0 heterocycles. The van der Waals surface area contributed by atoms with Crippen molar-refractivity contribution in [3.8, 4) is 5.75 Å². The minimum Gasteiger partial charge on any atom is -0.466 e. The van der Waals surface area contributed by atoms with E-state index in [9.17, 15) is 27.2 Å². The summed E-state index contributed by atoms with van der Waals surface area (Å²) < 4.78 is 59.8. The second-order valence-electron chi connectivity index (χ2n) is 7.35. The number of benzene rings is 1. The monoisotopic (exact) mass is 450 g/mol. The van der Waals surface area contributed by atoms with E-state index in [0.717, 1.165) is 26.2 Å². The maximum absolute atomic E-state index is 12.8. The van der Waals surface area contributed by atoms with E-state index >= 15 is 0 Å². The quantitative estimate of drug-likeness (QED) is 0.0801. The predicted molar refractivity (Wildman–Crippen MR) is 113 cm³/mol. The molecule has 178 valence electrons. The van der Waals surface area contributed by atoms with Gasteiger partial charge in [-0.1, -0.05) is 40.2 Å². The molecular weight excluding hydrogens is 416 g/mol. The third-order valence-corrected chi connectivity index (χ3v) is 3.76. The number of carbonyl (C=O) groups excluding carboxylic acids is 2. The van der Waals surface area contributed by atoms with Crippen LogP contribution in [-0.4, -0.2) is 19.0 Å². The molecule has 0 radical (unpaired) electrons. The van der Waals surface area contributed by atoms with E-state index in [1.54, 1.807) is 6.08 Å². The van der Waals surface area contributed by atoms with Gasteiger partial charge in [-0.2, -0.15) is 4.39 Å². The molecule has 1 rings (SSSR count). The molecule has 0 saturated heterocycles. The van der Waals surface area contributed by atoms with Gasteiger partial charge in [0.1, 0.15) is 0 Å². The van der Waals surface area contributed by atoms with Gasteiger partial charge in [0, 0.05) is 12.0 Å². The molecule has 0 bridgehead atoms. The average Bonchev–Trinajstić information content (AvgIpc) is 2.69.